The molecule has 1 heterocycles. The average molecular weight is 244 g/mol. The molecule has 1 amide bonds. The molecule has 1 fully saturated rings. The molecule has 1 aliphatic heterocycles. The Kier molecular flexibility index (Phi) is 5.36. The van der Waals surface area contributed by atoms with E-state index in [1.807, 2.05) is 27.7 Å². The topological polar surface area (TPSA) is 59.6 Å². The zero-order chi connectivity index (χ0) is 12.9. The van der Waals surface area contributed by atoms with Crippen molar-refractivity contribution < 1.29 is 14.3 Å². The van der Waals surface area contributed by atoms with Crippen LogP contribution in [0.5, 0.6) is 0 Å². The maximum absolute atomic E-state index is 11.4. The van der Waals surface area contributed by atoms with Gasteiger partial charge in [-0.1, -0.05) is 0 Å². The third kappa shape index (κ3) is 6.00. The molecule has 17 heavy (non-hydrogen) atoms. The van der Waals surface area contributed by atoms with E-state index in [2.05, 4.69) is 10.6 Å². The highest BCUT2D eigenvalue weighted by Crippen LogP contribution is 2.16. The van der Waals surface area contributed by atoms with Gasteiger partial charge in [0.15, 0.2) is 5.79 Å². The second-order valence-electron chi connectivity index (χ2n) is 5.15. The van der Waals surface area contributed by atoms with E-state index in [0.717, 1.165) is 0 Å². The van der Waals surface area contributed by atoms with Crippen molar-refractivity contribution in [2.75, 3.05) is 19.8 Å². The average Bonchev–Trinajstić information content (AvgIpc) is 2.19. The Balaban J connectivity index is 2.10. The zero-order valence-corrected chi connectivity index (χ0v) is 11.2. The fourth-order valence-electron chi connectivity index (χ4n) is 1.59. The summed E-state index contributed by atoms with van der Waals surface area (Å²) in [6.45, 7) is 9.61. The first-order chi connectivity index (χ1) is 7.89. The van der Waals surface area contributed by atoms with Crippen molar-refractivity contribution in [3.63, 3.8) is 0 Å². The first kappa shape index (κ1) is 14.4. The van der Waals surface area contributed by atoms with Crippen LogP contribution in [0.2, 0.25) is 0 Å². The second kappa shape index (κ2) is 6.33. The van der Waals surface area contributed by atoms with E-state index in [1.54, 1.807) is 0 Å². The van der Waals surface area contributed by atoms with E-state index < -0.39 is 5.79 Å². The Bertz CT molecular complexity index is 244. The quantitative estimate of drug-likeness (QED) is 0.745. The predicted octanol–water partition coefficient (Wildman–Crippen LogP) is 0.642. The number of nitrogens with one attached hydrogen (secondary N) is 2. The Morgan fingerprint density at radius 2 is 1.94 bits per heavy atom. The lowest BCUT2D eigenvalue weighted by Crippen LogP contribution is -2.49. The summed E-state index contributed by atoms with van der Waals surface area (Å²) in [5.41, 5.74) is 0. The van der Waals surface area contributed by atoms with E-state index in [4.69, 9.17) is 9.47 Å². The van der Waals surface area contributed by atoms with Gasteiger partial charge in [0, 0.05) is 19.0 Å². The van der Waals surface area contributed by atoms with Crippen LogP contribution >= 0.6 is 0 Å². The summed E-state index contributed by atoms with van der Waals surface area (Å²) in [4.78, 5) is 11.4. The van der Waals surface area contributed by atoms with Gasteiger partial charge in [-0.15, -0.1) is 0 Å². The number of ether oxygens (including phenoxy) is 2. The summed E-state index contributed by atoms with van der Waals surface area (Å²) in [6.07, 6.45) is 0.484. The Morgan fingerprint density at radius 3 is 2.47 bits per heavy atom. The summed E-state index contributed by atoms with van der Waals surface area (Å²) in [6, 6.07) is 0.375. The van der Waals surface area contributed by atoms with Crippen molar-refractivity contribution in [1.29, 1.82) is 0 Å². The number of carbonyl (C=O) groups is 1. The van der Waals surface area contributed by atoms with Gasteiger partial charge in [0.2, 0.25) is 5.91 Å². The third-order valence-corrected chi connectivity index (χ3v) is 2.50. The highest BCUT2D eigenvalue weighted by molar-refractivity contribution is 5.76. The van der Waals surface area contributed by atoms with Gasteiger partial charge in [0.05, 0.1) is 19.3 Å². The van der Waals surface area contributed by atoms with Gasteiger partial charge < -0.3 is 20.1 Å². The Labute approximate surface area is 103 Å². The predicted molar refractivity (Wildman–Crippen MR) is 65.7 cm³/mol. The molecule has 0 saturated carbocycles. The van der Waals surface area contributed by atoms with Crippen molar-refractivity contribution in [2.24, 2.45) is 0 Å². The lowest BCUT2D eigenvalue weighted by Gasteiger charge is -2.35. The van der Waals surface area contributed by atoms with Crippen molar-refractivity contribution in [2.45, 2.75) is 52.0 Å². The summed E-state index contributed by atoms with van der Waals surface area (Å²) in [5, 5.41) is 6.10. The molecule has 2 N–H and O–H groups in total. The molecule has 0 bridgehead atoms. The molecule has 100 valence electrons. The van der Waals surface area contributed by atoms with Crippen LogP contribution in [0.1, 0.15) is 34.1 Å². The fraction of sp³-hybridized carbons (Fsp3) is 0.917. The van der Waals surface area contributed by atoms with Crippen LogP contribution in [0, 0.1) is 0 Å². The second-order valence-corrected chi connectivity index (χ2v) is 5.15. The minimum absolute atomic E-state index is 0.0745. The Hall–Kier alpha value is -0.650. The van der Waals surface area contributed by atoms with Crippen LogP contribution in [0.3, 0.4) is 0 Å². The molecular formula is C12H24N2O3. The van der Waals surface area contributed by atoms with Crippen LogP contribution in [0.25, 0.3) is 0 Å². The van der Waals surface area contributed by atoms with E-state index in [1.165, 1.54) is 0 Å². The van der Waals surface area contributed by atoms with Crippen molar-refractivity contribution in [3.05, 3.63) is 0 Å². The van der Waals surface area contributed by atoms with Crippen LogP contribution in [-0.4, -0.2) is 43.5 Å². The van der Waals surface area contributed by atoms with E-state index in [0.29, 0.717) is 26.2 Å². The molecular weight excluding hydrogens is 220 g/mol. The van der Waals surface area contributed by atoms with Gasteiger partial charge in [-0.2, -0.15) is 0 Å². The number of amides is 1. The van der Waals surface area contributed by atoms with Crippen LogP contribution in [0.15, 0.2) is 0 Å². The molecule has 0 spiro atoms. The summed E-state index contributed by atoms with van der Waals surface area (Å²) >= 11 is 0. The molecule has 0 aliphatic carbocycles. The van der Waals surface area contributed by atoms with Gasteiger partial charge in [-0.05, 0) is 27.7 Å². The standard InChI is InChI=1S/C12H24N2O3/c1-9(2)14-11(15)5-6-13-10-7-16-12(3,4)17-8-10/h9-10,13H,5-8H2,1-4H3,(H,14,15). The van der Waals surface area contributed by atoms with E-state index >= 15 is 0 Å². The molecule has 0 aromatic carbocycles. The lowest BCUT2D eigenvalue weighted by molar-refractivity contribution is -0.252. The number of hydrogen-bond donors (Lipinski definition) is 2. The number of hydrogen-bond acceptors (Lipinski definition) is 4. The summed E-state index contributed by atoms with van der Waals surface area (Å²) in [7, 11) is 0. The highest BCUT2D eigenvalue weighted by Gasteiger charge is 2.27. The molecule has 1 saturated heterocycles. The Morgan fingerprint density at radius 1 is 1.35 bits per heavy atom. The molecule has 0 aromatic rings. The number of rotatable bonds is 5. The van der Waals surface area contributed by atoms with Gasteiger partial charge in [0.1, 0.15) is 0 Å². The molecule has 0 radical (unpaired) electrons. The molecule has 0 unspecified atom stereocenters. The summed E-state index contributed by atoms with van der Waals surface area (Å²) in [5.74, 6) is -0.404. The maximum atomic E-state index is 11.4. The first-order valence-corrected chi connectivity index (χ1v) is 6.20. The SMILES string of the molecule is CC(C)NC(=O)CCNC1COC(C)(C)OC1. The van der Waals surface area contributed by atoms with Gasteiger partial charge in [-0.3, -0.25) is 4.79 Å². The van der Waals surface area contributed by atoms with Crippen molar-refractivity contribution >= 4 is 5.91 Å². The highest BCUT2D eigenvalue weighted by atomic mass is 16.7. The van der Waals surface area contributed by atoms with Crippen LogP contribution < -0.4 is 10.6 Å². The van der Waals surface area contributed by atoms with Gasteiger partial charge in [0.25, 0.3) is 0 Å². The van der Waals surface area contributed by atoms with Gasteiger partial charge >= 0.3 is 0 Å². The molecule has 1 rings (SSSR count). The molecule has 0 atom stereocenters. The first-order valence-electron chi connectivity index (χ1n) is 6.20. The van der Waals surface area contributed by atoms with Crippen molar-refractivity contribution in [3.8, 4) is 0 Å². The molecule has 1 aliphatic rings. The normalized spacial score (nSPS) is 20.5. The maximum Gasteiger partial charge on any atom is 0.221 e. The van der Waals surface area contributed by atoms with E-state index in [-0.39, 0.29) is 18.0 Å². The fourth-order valence-corrected chi connectivity index (χ4v) is 1.59. The smallest absolute Gasteiger partial charge is 0.221 e. The lowest BCUT2D eigenvalue weighted by atomic mass is 10.2. The largest absolute Gasteiger partial charge is 0.354 e. The minimum Gasteiger partial charge on any atom is -0.354 e. The third-order valence-electron chi connectivity index (χ3n) is 2.50. The van der Waals surface area contributed by atoms with Gasteiger partial charge in [-0.25, -0.2) is 0 Å². The molecule has 5 heteroatoms. The monoisotopic (exact) mass is 244 g/mol. The van der Waals surface area contributed by atoms with Crippen LogP contribution in [-0.2, 0) is 14.3 Å². The molecule has 0 aromatic heterocycles. The molecule has 5 nitrogen and oxygen atoms in total. The number of carbonyl (C=O) groups excluding carboxylic acids is 1. The minimum atomic E-state index is -0.479. The van der Waals surface area contributed by atoms with Crippen LogP contribution in [0.4, 0.5) is 0 Å². The van der Waals surface area contributed by atoms with E-state index in [9.17, 15) is 4.79 Å². The van der Waals surface area contributed by atoms with Crippen molar-refractivity contribution in [1.82, 2.24) is 10.6 Å². The zero-order valence-electron chi connectivity index (χ0n) is 11.2. The summed E-state index contributed by atoms with van der Waals surface area (Å²) < 4.78 is 11.0.